The molecule has 0 atom stereocenters. The summed E-state index contributed by atoms with van der Waals surface area (Å²) < 4.78 is 2.00. The number of aromatic nitrogens is 1. The third-order valence-corrected chi connectivity index (χ3v) is 5.17. The molecule has 0 aliphatic carbocycles. The number of halogens is 2. The zero-order valence-electron chi connectivity index (χ0n) is 15.6. The number of aryl methyl sites for hydroxylation is 1. The Kier molecular flexibility index (Phi) is 7.30. The van der Waals surface area contributed by atoms with E-state index in [4.69, 9.17) is 34.0 Å². The summed E-state index contributed by atoms with van der Waals surface area (Å²) in [5.74, 6) is -0.447. The van der Waals surface area contributed by atoms with Gasteiger partial charge in [0.2, 0.25) is 5.91 Å². The highest BCUT2D eigenvalue weighted by Gasteiger charge is 2.22. The molecule has 1 amide bonds. The number of nitrogens with zero attached hydrogens (tertiary/aromatic N) is 2. The number of allylic oxidation sites excluding steroid dienone is 1. The number of carbonyl (C=O) groups is 1. The lowest BCUT2D eigenvalue weighted by Crippen LogP contribution is -2.26. The van der Waals surface area contributed by atoms with Crippen LogP contribution in [-0.4, -0.2) is 35.4 Å². The van der Waals surface area contributed by atoms with Crippen molar-refractivity contribution in [2.45, 2.75) is 26.3 Å². The summed E-state index contributed by atoms with van der Waals surface area (Å²) in [6.07, 6.45) is 5.01. The average molecular weight is 411 g/mol. The lowest BCUT2D eigenvalue weighted by molar-refractivity contribution is -0.123. The first-order valence-electron chi connectivity index (χ1n) is 8.61. The summed E-state index contributed by atoms with van der Waals surface area (Å²) in [6.45, 7) is 1.77. The van der Waals surface area contributed by atoms with Crippen LogP contribution >= 0.6 is 23.2 Å². The maximum Gasteiger partial charge on any atom is 0.245 e. The van der Waals surface area contributed by atoms with Crippen LogP contribution in [0.2, 0.25) is 10.0 Å². The smallest absolute Gasteiger partial charge is 0.245 e. The van der Waals surface area contributed by atoms with Crippen LogP contribution in [0.5, 0.6) is 0 Å². The molecule has 2 rings (SSSR count). The van der Waals surface area contributed by atoms with E-state index >= 15 is 0 Å². The fourth-order valence-corrected chi connectivity index (χ4v) is 3.65. The van der Waals surface area contributed by atoms with E-state index in [1.165, 1.54) is 0 Å². The van der Waals surface area contributed by atoms with Crippen molar-refractivity contribution >= 4 is 51.9 Å². The minimum atomic E-state index is -0.567. The normalized spacial score (nSPS) is 12.3. The van der Waals surface area contributed by atoms with Crippen molar-refractivity contribution in [3.05, 3.63) is 39.0 Å². The van der Waals surface area contributed by atoms with Crippen molar-refractivity contribution in [3.8, 4) is 0 Å². The van der Waals surface area contributed by atoms with Crippen LogP contribution in [0.25, 0.3) is 16.6 Å². The first-order chi connectivity index (χ1) is 12.9. The van der Waals surface area contributed by atoms with Gasteiger partial charge in [0.05, 0.1) is 15.6 Å². The summed E-state index contributed by atoms with van der Waals surface area (Å²) in [4.78, 5) is 15.5. The van der Waals surface area contributed by atoms with Gasteiger partial charge >= 0.3 is 0 Å². The maximum absolute atomic E-state index is 11.6. The molecule has 0 aliphatic heterocycles. The number of fused-ring (bicyclic) bond motifs is 1. The van der Waals surface area contributed by atoms with Gasteiger partial charge in [-0.2, -0.15) is 0 Å². The summed E-state index contributed by atoms with van der Waals surface area (Å²) >= 11 is 12.9. The molecule has 27 heavy (non-hydrogen) atoms. The predicted molar refractivity (Wildman–Crippen MR) is 112 cm³/mol. The summed E-state index contributed by atoms with van der Waals surface area (Å²) in [5.41, 5.74) is 10.2. The Morgan fingerprint density at radius 3 is 2.74 bits per heavy atom. The molecule has 1 heterocycles. The summed E-state index contributed by atoms with van der Waals surface area (Å²) in [6, 6.07) is 1.73. The molecule has 1 aromatic heterocycles. The molecule has 0 radical (unpaired) electrons. The first-order valence-corrected chi connectivity index (χ1v) is 9.36. The minimum absolute atomic E-state index is 0.256. The van der Waals surface area contributed by atoms with Gasteiger partial charge in [-0.1, -0.05) is 36.5 Å². The van der Waals surface area contributed by atoms with Crippen molar-refractivity contribution in [1.82, 2.24) is 9.88 Å². The van der Waals surface area contributed by atoms with Gasteiger partial charge < -0.3 is 20.7 Å². The number of aliphatic hydroxyl groups is 1. The second-order valence-electron chi connectivity index (χ2n) is 6.14. The Bertz CT molecular complexity index is 917. The zero-order chi connectivity index (χ0) is 20.1. The van der Waals surface area contributed by atoms with E-state index in [2.05, 4.69) is 17.2 Å². The average Bonchev–Trinajstić information content (AvgIpc) is 2.93. The van der Waals surface area contributed by atoms with Gasteiger partial charge in [0.1, 0.15) is 6.61 Å². The number of amides is 1. The second kappa shape index (κ2) is 9.26. The minimum Gasteiger partial charge on any atom is -0.398 e. The SMILES string of the molecule is CCCc1c(CNC(=O)CO)c2c(/C(N)=C/C=NC)cc(Cl)c(Cl)c2n1C. The van der Waals surface area contributed by atoms with Crippen molar-refractivity contribution in [2.24, 2.45) is 17.8 Å². The lowest BCUT2D eigenvalue weighted by Gasteiger charge is -2.10. The predicted octanol–water partition coefficient (Wildman–Crippen LogP) is 3.05. The summed E-state index contributed by atoms with van der Waals surface area (Å²) in [7, 11) is 3.58. The zero-order valence-corrected chi connectivity index (χ0v) is 17.2. The number of carbonyl (C=O) groups excluding carboxylic acids is 1. The van der Waals surface area contributed by atoms with Crippen LogP contribution in [0.4, 0.5) is 0 Å². The van der Waals surface area contributed by atoms with Gasteiger partial charge in [0.15, 0.2) is 0 Å². The lowest BCUT2D eigenvalue weighted by atomic mass is 10.0. The number of rotatable bonds is 7. The van der Waals surface area contributed by atoms with Crippen molar-refractivity contribution in [1.29, 1.82) is 0 Å². The number of hydrogen-bond acceptors (Lipinski definition) is 4. The highest BCUT2D eigenvalue weighted by Crippen LogP contribution is 2.40. The van der Waals surface area contributed by atoms with Crippen LogP contribution in [0.15, 0.2) is 17.1 Å². The quantitative estimate of drug-likeness (QED) is 0.612. The molecule has 0 spiro atoms. The molecular weight excluding hydrogens is 387 g/mol. The van der Waals surface area contributed by atoms with Crippen LogP contribution in [0.3, 0.4) is 0 Å². The first kappa shape index (κ1) is 21.3. The van der Waals surface area contributed by atoms with E-state index in [1.54, 1.807) is 25.4 Å². The van der Waals surface area contributed by atoms with Crippen LogP contribution in [0.1, 0.15) is 30.2 Å². The topological polar surface area (TPSA) is 92.6 Å². The Labute approximate surface area is 168 Å². The Morgan fingerprint density at radius 1 is 1.44 bits per heavy atom. The molecule has 0 fully saturated rings. The van der Waals surface area contributed by atoms with Gasteiger partial charge in [-0.15, -0.1) is 0 Å². The second-order valence-corrected chi connectivity index (χ2v) is 6.93. The largest absolute Gasteiger partial charge is 0.398 e. The van der Waals surface area contributed by atoms with E-state index in [1.807, 2.05) is 11.6 Å². The monoisotopic (exact) mass is 410 g/mol. The molecular formula is C19H24Cl2N4O2. The van der Waals surface area contributed by atoms with Crippen molar-refractivity contribution < 1.29 is 9.90 Å². The third-order valence-electron chi connectivity index (χ3n) is 4.39. The number of nitrogens with two attached hydrogens (primary N) is 1. The molecule has 0 saturated carbocycles. The molecule has 0 saturated heterocycles. The van der Waals surface area contributed by atoms with E-state index in [9.17, 15) is 4.79 Å². The standard InChI is InChI=1S/C19H24Cl2N4O2/c1-4-5-15-12(9-24-16(27)10-26)17-11(14(22)6-7-23-2)8-13(20)18(21)19(17)25(15)3/h6-8,26H,4-5,9-10,22H2,1-3H3,(H,24,27)/b14-6-,23-7?. The number of aliphatic hydroxyl groups excluding tert-OH is 1. The molecule has 0 bridgehead atoms. The molecule has 4 N–H and O–H groups in total. The van der Waals surface area contributed by atoms with Crippen LogP contribution in [-0.2, 0) is 24.8 Å². The Morgan fingerprint density at radius 2 is 2.15 bits per heavy atom. The van der Waals surface area contributed by atoms with Crippen molar-refractivity contribution in [2.75, 3.05) is 13.7 Å². The van der Waals surface area contributed by atoms with Gasteiger partial charge in [-0.05, 0) is 18.6 Å². The maximum atomic E-state index is 11.6. The number of aliphatic imine (C=N–C) groups is 1. The van der Waals surface area contributed by atoms with Gasteiger partial charge in [0.25, 0.3) is 0 Å². The van der Waals surface area contributed by atoms with E-state index < -0.39 is 12.5 Å². The molecule has 1 aromatic carbocycles. The number of nitrogens with one attached hydrogen (secondary N) is 1. The molecule has 0 aliphatic rings. The highest BCUT2D eigenvalue weighted by atomic mass is 35.5. The van der Waals surface area contributed by atoms with Crippen LogP contribution in [0, 0.1) is 0 Å². The van der Waals surface area contributed by atoms with E-state index in [0.717, 1.165) is 40.6 Å². The number of benzene rings is 1. The van der Waals surface area contributed by atoms with Crippen molar-refractivity contribution in [3.63, 3.8) is 0 Å². The Balaban J connectivity index is 2.84. The molecule has 8 heteroatoms. The molecule has 146 valence electrons. The van der Waals surface area contributed by atoms with Gasteiger partial charge in [-0.3, -0.25) is 9.79 Å². The van der Waals surface area contributed by atoms with Gasteiger partial charge in [-0.25, -0.2) is 0 Å². The summed E-state index contributed by atoms with van der Waals surface area (Å²) in [5, 5.41) is 13.4. The fourth-order valence-electron chi connectivity index (χ4n) is 3.18. The van der Waals surface area contributed by atoms with E-state index in [0.29, 0.717) is 15.7 Å². The number of hydrogen-bond donors (Lipinski definition) is 3. The molecule has 0 unspecified atom stereocenters. The van der Waals surface area contributed by atoms with E-state index in [-0.39, 0.29) is 6.54 Å². The fraction of sp³-hybridized carbons (Fsp3) is 0.368. The van der Waals surface area contributed by atoms with Gasteiger partial charge in [0, 0.05) is 54.8 Å². The molecule has 2 aromatic rings. The van der Waals surface area contributed by atoms with Crippen LogP contribution < -0.4 is 11.1 Å². The third kappa shape index (κ3) is 4.29. The Hall–Kier alpha value is -2.02. The highest BCUT2D eigenvalue weighted by molar-refractivity contribution is 6.45. The molecule has 6 nitrogen and oxygen atoms in total.